The molecule has 0 radical (unpaired) electrons. The molecular weight excluding hydrogens is 403 g/mol. The van der Waals surface area contributed by atoms with Crippen molar-refractivity contribution in [3.8, 4) is 0 Å². The highest BCUT2D eigenvalue weighted by atomic mass is 35.5. The van der Waals surface area contributed by atoms with Gasteiger partial charge in [0.15, 0.2) is 0 Å². The molecule has 2 atom stereocenters. The number of nitrogens with zero attached hydrogens (tertiary/aromatic N) is 1. The van der Waals surface area contributed by atoms with Crippen molar-refractivity contribution in [3.63, 3.8) is 0 Å². The maximum atomic E-state index is 13.1. The largest absolute Gasteiger partial charge is 0.349 e. The predicted molar refractivity (Wildman–Crippen MR) is 106 cm³/mol. The number of nitrogens with one attached hydrogen (secondary N) is 1. The van der Waals surface area contributed by atoms with Crippen LogP contribution in [0.3, 0.4) is 0 Å². The van der Waals surface area contributed by atoms with E-state index < -0.39 is 15.9 Å². The van der Waals surface area contributed by atoms with Crippen molar-refractivity contribution in [2.75, 3.05) is 13.1 Å². The standard InChI is InChI=1S/C20H22ClFN2O3S/c1-14(15-4-8-18(22)9-5-15)23-20(25)16-3-2-12-24(13-16)28(26,27)19-10-6-17(21)7-11-19/h4-11,14,16H,2-3,12-13H2,1H3,(H,23,25)/t14-,16-/m1/s1. The second-order valence-corrected chi connectivity index (χ2v) is 9.31. The third-order valence-corrected chi connectivity index (χ3v) is 7.07. The number of hydrogen-bond acceptors (Lipinski definition) is 3. The molecule has 28 heavy (non-hydrogen) atoms. The SMILES string of the molecule is C[C@@H](NC(=O)[C@@H]1CCCN(S(=O)(=O)c2ccc(Cl)cc2)C1)c1ccc(F)cc1. The van der Waals surface area contributed by atoms with Gasteiger partial charge in [-0.25, -0.2) is 12.8 Å². The van der Waals surface area contributed by atoms with E-state index in [1.165, 1.54) is 40.7 Å². The number of piperidine rings is 1. The fourth-order valence-electron chi connectivity index (χ4n) is 3.30. The summed E-state index contributed by atoms with van der Waals surface area (Å²) >= 11 is 5.84. The minimum absolute atomic E-state index is 0.132. The van der Waals surface area contributed by atoms with E-state index in [1.807, 2.05) is 6.92 Å². The van der Waals surface area contributed by atoms with Gasteiger partial charge in [0.25, 0.3) is 0 Å². The number of benzene rings is 2. The molecule has 1 aliphatic heterocycles. The third-order valence-electron chi connectivity index (χ3n) is 4.94. The first-order chi connectivity index (χ1) is 13.3. The van der Waals surface area contributed by atoms with Gasteiger partial charge in [-0.2, -0.15) is 4.31 Å². The van der Waals surface area contributed by atoms with Crippen LogP contribution in [-0.4, -0.2) is 31.7 Å². The van der Waals surface area contributed by atoms with Gasteiger partial charge in [0, 0.05) is 18.1 Å². The summed E-state index contributed by atoms with van der Waals surface area (Å²) in [6.45, 7) is 2.32. The predicted octanol–water partition coefficient (Wildman–Crippen LogP) is 3.76. The molecule has 0 spiro atoms. The summed E-state index contributed by atoms with van der Waals surface area (Å²) in [5.41, 5.74) is 0.788. The van der Waals surface area contributed by atoms with Gasteiger partial charge in [-0.05, 0) is 61.7 Å². The molecule has 0 bridgehead atoms. The lowest BCUT2D eigenvalue weighted by Gasteiger charge is -2.32. The Labute approximate surface area is 169 Å². The Kier molecular flexibility index (Phi) is 6.37. The van der Waals surface area contributed by atoms with Crippen molar-refractivity contribution in [3.05, 3.63) is 64.9 Å². The summed E-state index contributed by atoms with van der Waals surface area (Å²) in [5.74, 6) is -0.968. The van der Waals surface area contributed by atoms with Crippen LogP contribution in [0.1, 0.15) is 31.4 Å². The lowest BCUT2D eigenvalue weighted by Crippen LogP contribution is -2.45. The maximum absolute atomic E-state index is 13.1. The first-order valence-electron chi connectivity index (χ1n) is 9.09. The Bertz CT molecular complexity index is 933. The Balaban J connectivity index is 1.67. The van der Waals surface area contributed by atoms with Crippen molar-refractivity contribution in [1.29, 1.82) is 0 Å². The Morgan fingerprint density at radius 3 is 2.46 bits per heavy atom. The van der Waals surface area contributed by atoms with Crippen LogP contribution < -0.4 is 5.32 Å². The molecule has 1 saturated heterocycles. The van der Waals surface area contributed by atoms with Crippen molar-refractivity contribution < 1.29 is 17.6 Å². The van der Waals surface area contributed by atoms with Crippen LogP contribution in [0.4, 0.5) is 4.39 Å². The van der Waals surface area contributed by atoms with Crippen LogP contribution in [0.2, 0.25) is 5.02 Å². The molecule has 0 aliphatic carbocycles. The zero-order chi connectivity index (χ0) is 20.3. The first kappa shape index (κ1) is 20.8. The zero-order valence-electron chi connectivity index (χ0n) is 15.4. The molecule has 1 aliphatic rings. The van der Waals surface area contributed by atoms with E-state index in [2.05, 4.69) is 5.32 Å². The molecule has 3 rings (SSSR count). The van der Waals surface area contributed by atoms with Gasteiger partial charge in [-0.3, -0.25) is 4.79 Å². The number of rotatable bonds is 5. The number of hydrogen-bond donors (Lipinski definition) is 1. The molecule has 1 N–H and O–H groups in total. The van der Waals surface area contributed by atoms with E-state index in [4.69, 9.17) is 11.6 Å². The fraction of sp³-hybridized carbons (Fsp3) is 0.350. The summed E-state index contributed by atoms with van der Waals surface area (Å²) in [5, 5.41) is 3.37. The lowest BCUT2D eigenvalue weighted by molar-refractivity contribution is -0.126. The summed E-state index contributed by atoms with van der Waals surface area (Å²) < 4.78 is 40.1. The zero-order valence-corrected chi connectivity index (χ0v) is 17.0. The average Bonchev–Trinajstić information content (AvgIpc) is 2.69. The van der Waals surface area contributed by atoms with E-state index in [0.29, 0.717) is 24.4 Å². The normalized spacial score (nSPS) is 19.2. The van der Waals surface area contributed by atoms with Crippen LogP contribution >= 0.6 is 11.6 Å². The Morgan fingerprint density at radius 1 is 1.18 bits per heavy atom. The van der Waals surface area contributed by atoms with Gasteiger partial charge in [-0.15, -0.1) is 0 Å². The van der Waals surface area contributed by atoms with E-state index in [-0.39, 0.29) is 29.2 Å². The van der Waals surface area contributed by atoms with Crippen LogP contribution in [-0.2, 0) is 14.8 Å². The maximum Gasteiger partial charge on any atom is 0.243 e. The molecule has 0 saturated carbocycles. The third kappa shape index (κ3) is 4.71. The smallest absolute Gasteiger partial charge is 0.243 e. The number of amides is 1. The minimum atomic E-state index is -3.68. The summed E-state index contributed by atoms with van der Waals surface area (Å²) in [6, 6.07) is 11.7. The number of sulfonamides is 1. The Hall–Kier alpha value is -1.96. The van der Waals surface area contributed by atoms with E-state index in [1.54, 1.807) is 12.1 Å². The topological polar surface area (TPSA) is 66.5 Å². The summed E-state index contributed by atoms with van der Waals surface area (Å²) in [6.07, 6.45) is 1.23. The van der Waals surface area contributed by atoms with Crippen LogP contribution in [0, 0.1) is 11.7 Å². The van der Waals surface area contributed by atoms with Crippen LogP contribution in [0.5, 0.6) is 0 Å². The molecule has 0 unspecified atom stereocenters. The minimum Gasteiger partial charge on any atom is -0.349 e. The molecule has 150 valence electrons. The van der Waals surface area contributed by atoms with Gasteiger partial charge >= 0.3 is 0 Å². The molecule has 2 aromatic carbocycles. The molecule has 0 aromatic heterocycles. The second-order valence-electron chi connectivity index (χ2n) is 6.94. The van der Waals surface area contributed by atoms with Crippen molar-refractivity contribution in [2.24, 2.45) is 5.92 Å². The molecule has 8 heteroatoms. The quantitative estimate of drug-likeness (QED) is 0.794. The van der Waals surface area contributed by atoms with Crippen LogP contribution in [0.25, 0.3) is 0 Å². The summed E-state index contributed by atoms with van der Waals surface area (Å²) in [4.78, 5) is 12.8. The highest BCUT2D eigenvalue weighted by molar-refractivity contribution is 7.89. The summed E-state index contributed by atoms with van der Waals surface area (Å²) in [7, 11) is -3.68. The molecule has 1 amide bonds. The molecule has 1 heterocycles. The number of halogens is 2. The van der Waals surface area contributed by atoms with Gasteiger partial charge in [0.2, 0.25) is 15.9 Å². The van der Waals surface area contributed by atoms with E-state index in [0.717, 1.165) is 5.56 Å². The van der Waals surface area contributed by atoms with Gasteiger partial charge in [-0.1, -0.05) is 23.7 Å². The van der Waals surface area contributed by atoms with E-state index in [9.17, 15) is 17.6 Å². The van der Waals surface area contributed by atoms with Gasteiger partial charge in [0.1, 0.15) is 5.82 Å². The monoisotopic (exact) mass is 424 g/mol. The van der Waals surface area contributed by atoms with Crippen molar-refractivity contribution in [2.45, 2.75) is 30.7 Å². The second kappa shape index (κ2) is 8.59. The van der Waals surface area contributed by atoms with Crippen LogP contribution in [0.15, 0.2) is 53.4 Å². The Morgan fingerprint density at radius 2 is 1.82 bits per heavy atom. The number of carbonyl (C=O) groups excluding carboxylic acids is 1. The number of carbonyl (C=O) groups is 1. The lowest BCUT2D eigenvalue weighted by atomic mass is 9.98. The van der Waals surface area contributed by atoms with Gasteiger partial charge in [0.05, 0.1) is 16.9 Å². The average molecular weight is 425 g/mol. The first-order valence-corrected chi connectivity index (χ1v) is 10.9. The molecule has 2 aromatic rings. The van der Waals surface area contributed by atoms with Gasteiger partial charge < -0.3 is 5.32 Å². The highest BCUT2D eigenvalue weighted by Gasteiger charge is 2.33. The molecule has 5 nitrogen and oxygen atoms in total. The van der Waals surface area contributed by atoms with Crippen molar-refractivity contribution >= 4 is 27.5 Å². The highest BCUT2D eigenvalue weighted by Crippen LogP contribution is 2.25. The fourth-order valence-corrected chi connectivity index (χ4v) is 4.95. The van der Waals surface area contributed by atoms with Crippen molar-refractivity contribution in [1.82, 2.24) is 9.62 Å². The molecular formula is C20H22ClFN2O3S. The van der Waals surface area contributed by atoms with E-state index >= 15 is 0 Å². The molecule has 1 fully saturated rings.